The van der Waals surface area contributed by atoms with Gasteiger partial charge in [-0.15, -0.1) is 0 Å². The van der Waals surface area contributed by atoms with Gasteiger partial charge in [-0.05, 0) is 32.4 Å². The van der Waals surface area contributed by atoms with Crippen LogP contribution in [0, 0.1) is 6.92 Å². The number of hydrogen-bond acceptors (Lipinski definition) is 3. The standard InChI is InChI=1S/C12H19N3O/c1-4-12(3,13)11(16)14-8-10-7-5-6-9(2)15-10/h5-7H,4,8,13H2,1-3H3,(H,14,16). The number of carbonyl (C=O) groups excluding carboxylic acids is 1. The molecule has 1 unspecified atom stereocenters. The quantitative estimate of drug-likeness (QED) is 0.801. The Balaban J connectivity index is 2.56. The van der Waals surface area contributed by atoms with E-state index in [0.717, 1.165) is 11.4 Å². The summed E-state index contributed by atoms with van der Waals surface area (Å²) in [6.07, 6.45) is 0.611. The second-order valence-electron chi connectivity index (χ2n) is 4.22. The average Bonchev–Trinajstić information content (AvgIpc) is 2.26. The van der Waals surface area contributed by atoms with Gasteiger partial charge in [-0.1, -0.05) is 13.0 Å². The lowest BCUT2D eigenvalue weighted by molar-refractivity contribution is -0.126. The molecule has 0 aliphatic rings. The zero-order valence-electron chi connectivity index (χ0n) is 10.1. The van der Waals surface area contributed by atoms with Crippen molar-refractivity contribution in [3.8, 4) is 0 Å². The van der Waals surface area contributed by atoms with Crippen LogP contribution in [0.1, 0.15) is 31.7 Å². The number of rotatable bonds is 4. The van der Waals surface area contributed by atoms with Gasteiger partial charge in [-0.25, -0.2) is 0 Å². The Bertz CT molecular complexity index is 374. The van der Waals surface area contributed by atoms with Crippen LogP contribution in [0.15, 0.2) is 18.2 Å². The van der Waals surface area contributed by atoms with E-state index < -0.39 is 5.54 Å². The van der Waals surface area contributed by atoms with Gasteiger partial charge in [0.2, 0.25) is 5.91 Å². The lowest BCUT2D eigenvalue weighted by Crippen LogP contribution is -2.50. The molecule has 0 saturated carbocycles. The number of hydrogen-bond donors (Lipinski definition) is 2. The largest absolute Gasteiger partial charge is 0.349 e. The van der Waals surface area contributed by atoms with Gasteiger partial charge in [0.1, 0.15) is 0 Å². The lowest BCUT2D eigenvalue weighted by atomic mass is 9.99. The van der Waals surface area contributed by atoms with Crippen molar-refractivity contribution < 1.29 is 4.79 Å². The molecular formula is C12H19N3O. The third kappa shape index (κ3) is 3.31. The monoisotopic (exact) mass is 221 g/mol. The molecule has 1 aromatic heterocycles. The van der Waals surface area contributed by atoms with Gasteiger partial charge in [0.25, 0.3) is 0 Å². The highest BCUT2D eigenvalue weighted by Gasteiger charge is 2.25. The fraction of sp³-hybridized carbons (Fsp3) is 0.500. The van der Waals surface area contributed by atoms with Gasteiger partial charge < -0.3 is 11.1 Å². The molecule has 0 bridgehead atoms. The number of carbonyl (C=O) groups is 1. The number of nitrogens with two attached hydrogens (primary N) is 1. The maximum atomic E-state index is 11.7. The fourth-order valence-electron chi connectivity index (χ4n) is 1.23. The summed E-state index contributed by atoms with van der Waals surface area (Å²) in [4.78, 5) is 16.0. The summed E-state index contributed by atoms with van der Waals surface area (Å²) < 4.78 is 0. The average molecular weight is 221 g/mol. The van der Waals surface area contributed by atoms with E-state index >= 15 is 0 Å². The smallest absolute Gasteiger partial charge is 0.240 e. The van der Waals surface area contributed by atoms with Crippen molar-refractivity contribution >= 4 is 5.91 Å². The number of amides is 1. The number of nitrogens with zero attached hydrogens (tertiary/aromatic N) is 1. The second-order valence-corrected chi connectivity index (χ2v) is 4.22. The highest BCUT2D eigenvalue weighted by Crippen LogP contribution is 2.05. The summed E-state index contributed by atoms with van der Waals surface area (Å²) in [6, 6.07) is 5.72. The second kappa shape index (κ2) is 5.07. The summed E-state index contributed by atoms with van der Waals surface area (Å²) >= 11 is 0. The van der Waals surface area contributed by atoms with Crippen LogP contribution < -0.4 is 11.1 Å². The molecule has 1 heterocycles. The predicted octanol–water partition coefficient (Wildman–Crippen LogP) is 1.13. The molecule has 1 rings (SSSR count). The van der Waals surface area contributed by atoms with Crippen LogP contribution in [0.25, 0.3) is 0 Å². The first-order valence-corrected chi connectivity index (χ1v) is 5.45. The van der Waals surface area contributed by atoms with Crippen LogP contribution >= 0.6 is 0 Å². The molecule has 0 spiro atoms. The molecule has 0 aromatic carbocycles. The Morgan fingerprint density at radius 3 is 2.81 bits per heavy atom. The van der Waals surface area contributed by atoms with E-state index in [-0.39, 0.29) is 5.91 Å². The number of aromatic nitrogens is 1. The molecule has 0 saturated heterocycles. The summed E-state index contributed by atoms with van der Waals surface area (Å²) in [5.41, 5.74) is 6.81. The zero-order valence-corrected chi connectivity index (χ0v) is 10.1. The Morgan fingerprint density at radius 2 is 2.25 bits per heavy atom. The first-order chi connectivity index (χ1) is 7.45. The minimum Gasteiger partial charge on any atom is -0.349 e. The molecule has 16 heavy (non-hydrogen) atoms. The molecule has 3 N–H and O–H groups in total. The van der Waals surface area contributed by atoms with Crippen molar-refractivity contribution in [3.63, 3.8) is 0 Å². The van der Waals surface area contributed by atoms with Crippen molar-refractivity contribution in [1.82, 2.24) is 10.3 Å². The molecule has 4 heteroatoms. The maximum absolute atomic E-state index is 11.7. The fourth-order valence-corrected chi connectivity index (χ4v) is 1.23. The summed E-state index contributed by atoms with van der Waals surface area (Å²) in [5.74, 6) is -0.140. The first kappa shape index (κ1) is 12.6. The SMILES string of the molecule is CCC(C)(N)C(=O)NCc1cccc(C)n1. The van der Waals surface area contributed by atoms with Gasteiger partial charge in [-0.3, -0.25) is 9.78 Å². The van der Waals surface area contributed by atoms with Gasteiger partial charge in [0, 0.05) is 5.69 Å². The van der Waals surface area contributed by atoms with Crippen molar-refractivity contribution in [2.24, 2.45) is 5.73 Å². The van der Waals surface area contributed by atoms with Crippen LogP contribution in [0.4, 0.5) is 0 Å². The highest BCUT2D eigenvalue weighted by atomic mass is 16.2. The third-order valence-corrected chi connectivity index (χ3v) is 2.63. The van der Waals surface area contributed by atoms with Crippen LogP contribution in [-0.2, 0) is 11.3 Å². The molecule has 1 amide bonds. The third-order valence-electron chi connectivity index (χ3n) is 2.63. The van der Waals surface area contributed by atoms with E-state index in [1.165, 1.54) is 0 Å². The predicted molar refractivity (Wildman–Crippen MR) is 63.7 cm³/mol. The van der Waals surface area contributed by atoms with E-state index in [2.05, 4.69) is 10.3 Å². The van der Waals surface area contributed by atoms with Gasteiger partial charge >= 0.3 is 0 Å². The lowest BCUT2D eigenvalue weighted by Gasteiger charge is -2.21. The molecule has 4 nitrogen and oxygen atoms in total. The number of aryl methyl sites for hydroxylation is 1. The van der Waals surface area contributed by atoms with Gasteiger partial charge in [0.05, 0.1) is 17.8 Å². The van der Waals surface area contributed by atoms with Gasteiger partial charge in [0.15, 0.2) is 0 Å². The Morgan fingerprint density at radius 1 is 1.56 bits per heavy atom. The summed E-state index contributed by atoms with van der Waals surface area (Å²) in [5, 5.41) is 2.79. The minimum atomic E-state index is -0.802. The van der Waals surface area contributed by atoms with Crippen molar-refractivity contribution in [1.29, 1.82) is 0 Å². The van der Waals surface area contributed by atoms with Crippen LogP contribution in [0.2, 0.25) is 0 Å². The highest BCUT2D eigenvalue weighted by molar-refractivity contribution is 5.85. The molecule has 88 valence electrons. The summed E-state index contributed by atoms with van der Waals surface area (Å²) in [6.45, 7) is 5.97. The Labute approximate surface area is 96.3 Å². The molecule has 0 aliphatic carbocycles. The number of nitrogens with one attached hydrogen (secondary N) is 1. The summed E-state index contributed by atoms with van der Waals surface area (Å²) in [7, 11) is 0. The van der Waals surface area contributed by atoms with Crippen molar-refractivity contribution in [2.75, 3.05) is 0 Å². The zero-order chi connectivity index (χ0) is 12.2. The Kier molecular flexibility index (Phi) is 4.01. The topological polar surface area (TPSA) is 68.0 Å². The number of pyridine rings is 1. The molecule has 0 aliphatic heterocycles. The van der Waals surface area contributed by atoms with E-state index in [1.54, 1.807) is 6.92 Å². The van der Waals surface area contributed by atoms with E-state index in [9.17, 15) is 4.79 Å². The van der Waals surface area contributed by atoms with Crippen molar-refractivity contribution in [3.05, 3.63) is 29.6 Å². The molecular weight excluding hydrogens is 202 g/mol. The minimum absolute atomic E-state index is 0.140. The molecule has 1 aromatic rings. The van der Waals surface area contributed by atoms with Gasteiger partial charge in [-0.2, -0.15) is 0 Å². The van der Waals surface area contributed by atoms with E-state index in [1.807, 2.05) is 32.0 Å². The van der Waals surface area contributed by atoms with E-state index in [0.29, 0.717) is 13.0 Å². The normalized spacial score (nSPS) is 14.2. The molecule has 0 fully saturated rings. The molecule has 1 atom stereocenters. The van der Waals surface area contributed by atoms with Crippen LogP contribution in [0.5, 0.6) is 0 Å². The van der Waals surface area contributed by atoms with Crippen LogP contribution in [-0.4, -0.2) is 16.4 Å². The maximum Gasteiger partial charge on any atom is 0.240 e. The van der Waals surface area contributed by atoms with E-state index in [4.69, 9.17) is 5.73 Å². The first-order valence-electron chi connectivity index (χ1n) is 5.45. The van der Waals surface area contributed by atoms with Crippen molar-refractivity contribution in [2.45, 2.75) is 39.3 Å². The Hall–Kier alpha value is -1.42. The van der Waals surface area contributed by atoms with Crippen LogP contribution in [0.3, 0.4) is 0 Å². The molecule has 0 radical (unpaired) electrons.